The van der Waals surface area contributed by atoms with Crippen LogP contribution in [0.5, 0.6) is 0 Å². The van der Waals surface area contributed by atoms with Gasteiger partial charge in [0, 0.05) is 24.3 Å². The van der Waals surface area contributed by atoms with E-state index >= 15 is 0 Å². The maximum Gasteiger partial charge on any atom is 0.335 e. The molecule has 1 atom stereocenters. The van der Waals surface area contributed by atoms with Crippen LogP contribution in [-0.2, 0) is 9.59 Å². The van der Waals surface area contributed by atoms with Crippen molar-refractivity contribution in [2.45, 2.75) is 20.3 Å². The fraction of sp³-hybridized carbons (Fsp3) is 0.250. The standard InChI is InChI=1S/C20H20N2O4/c1-12-6-7-17(13(2)8-12)22-11-15(10-18(22)23)19(24)21-16-5-3-4-14(9-16)20(25)26/h3-9,15H,10-11H2,1-2H3,(H,21,24)(H,25,26)/t15-/m1/s1. The van der Waals surface area contributed by atoms with Gasteiger partial charge < -0.3 is 15.3 Å². The summed E-state index contributed by atoms with van der Waals surface area (Å²) in [5.74, 6) is -1.90. The van der Waals surface area contributed by atoms with E-state index in [0.29, 0.717) is 12.2 Å². The van der Waals surface area contributed by atoms with Crippen LogP contribution in [0.3, 0.4) is 0 Å². The molecular formula is C20H20N2O4. The third kappa shape index (κ3) is 3.59. The number of nitrogens with one attached hydrogen (secondary N) is 1. The second-order valence-electron chi connectivity index (χ2n) is 6.57. The van der Waals surface area contributed by atoms with E-state index in [2.05, 4.69) is 5.32 Å². The number of amides is 2. The Hall–Kier alpha value is -3.15. The van der Waals surface area contributed by atoms with Crippen molar-refractivity contribution in [1.29, 1.82) is 0 Å². The molecule has 2 N–H and O–H groups in total. The third-order valence-electron chi connectivity index (χ3n) is 4.52. The Labute approximate surface area is 151 Å². The summed E-state index contributed by atoms with van der Waals surface area (Å²) in [6.07, 6.45) is 0.137. The zero-order valence-electron chi connectivity index (χ0n) is 14.7. The van der Waals surface area contributed by atoms with Crippen LogP contribution in [0.25, 0.3) is 0 Å². The van der Waals surface area contributed by atoms with Gasteiger partial charge in [0.05, 0.1) is 11.5 Å². The fourth-order valence-electron chi connectivity index (χ4n) is 3.20. The Morgan fingerprint density at radius 1 is 1.15 bits per heavy atom. The molecule has 2 aromatic carbocycles. The molecular weight excluding hydrogens is 332 g/mol. The van der Waals surface area contributed by atoms with E-state index in [0.717, 1.165) is 16.8 Å². The summed E-state index contributed by atoms with van der Waals surface area (Å²) in [6, 6.07) is 11.9. The molecule has 3 rings (SSSR count). The van der Waals surface area contributed by atoms with Gasteiger partial charge >= 0.3 is 5.97 Å². The first-order valence-electron chi connectivity index (χ1n) is 8.37. The van der Waals surface area contributed by atoms with Gasteiger partial charge in [-0.05, 0) is 43.7 Å². The molecule has 0 radical (unpaired) electrons. The van der Waals surface area contributed by atoms with Crippen LogP contribution in [0.2, 0.25) is 0 Å². The van der Waals surface area contributed by atoms with Gasteiger partial charge in [0.15, 0.2) is 0 Å². The van der Waals surface area contributed by atoms with Crippen molar-refractivity contribution in [3.05, 3.63) is 59.2 Å². The highest BCUT2D eigenvalue weighted by Gasteiger charge is 2.35. The Bertz CT molecular complexity index is 891. The number of carbonyl (C=O) groups excluding carboxylic acids is 2. The number of carboxylic acids is 1. The second kappa shape index (κ2) is 7.00. The van der Waals surface area contributed by atoms with Crippen molar-refractivity contribution in [3.8, 4) is 0 Å². The average Bonchev–Trinajstić information content (AvgIpc) is 2.97. The highest BCUT2D eigenvalue weighted by atomic mass is 16.4. The van der Waals surface area contributed by atoms with E-state index in [1.54, 1.807) is 17.0 Å². The minimum Gasteiger partial charge on any atom is -0.478 e. The molecule has 134 valence electrons. The number of aromatic carboxylic acids is 1. The van der Waals surface area contributed by atoms with E-state index in [1.165, 1.54) is 12.1 Å². The van der Waals surface area contributed by atoms with Gasteiger partial charge in [-0.25, -0.2) is 4.79 Å². The molecule has 0 unspecified atom stereocenters. The lowest BCUT2D eigenvalue weighted by Crippen LogP contribution is -2.28. The number of carbonyl (C=O) groups is 3. The lowest BCUT2D eigenvalue weighted by Gasteiger charge is -2.19. The molecule has 1 saturated heterocycles. The van der Waals surface area contributed by atoms with Crippen LogP contribution in [0.15, 0.2) is 42.5 Å². The molecule has 6 nitrogen and oxygen atoms in total. The molecule has 2 aromatic rings. The Kier molecular flexibility index (Phi) is 4.75. The number of benzene rings is 2. The van der Waals surface area contributed by atoms with E-state index < -0.39 is 11.9 Å². The topological polar surface area (TPSA) is 86.7 Å². The summed E-state index contributed by atoms with van der Waals surface area (Å²) in [7, 11) is 0. The maximum atomic E-state index is 12.5. The predicted octanol–water partition coefficient (Wildman–Crippen LogP) is 2.99. The average molecular weight is 352 g/mol. The fourth-order valence-corrected chi connectivity index (χ4v) is 3.20. The highest BCUT2D eigenvalue weighted by molar-refractivity contribution is 6.04. The normalized spacial score (nSPS) is 16.6. The minimum atomic E-state index is -1.06. The minimum absolute atomic E-state index is 0.0867. The molecule has 0 saturated carbocycles. The van der Waals surface area contributed by atoms with Crippen LogP contribution in [0.1, 0.15) is 27.9 Å². The molecule has 1 fully saturated rings. The number of rotatable bonds is 4. The highest BCUT2D eigenvalue weighted by Crippen LogP contribution is 2.29. The first-order valence-corrected chi connectivity index (χ1v) is 8.37. The summed E-state index contributed by atoms with van der Waals surface area (Å²) in [6.45, 7) is 4.25. The largest absolute Gasteiger partial charge is 0.478 e. The molecule has 6 heteroatoms. The van der Waals surface area contributed by atoms with E-state index in [-0.39, 0.29) is 23.8 Å². The summed E-state index contributed by atoms with van der Waals surface area (Å²) in [4.78, 5) is 37.6. The van der Waals surface area contributed by atoms with Crippen molar-refractivity contribution in [2.75, 3.05) is 16.8 Å². The first-order chi connectivity index (χ1) is 12.3. The number of hydrogen-bond acceptors (Lipinski definition) is 3. The summed E-state index contributed by atoms with van der Waals surface area (Å²) >= 11 is 0. The van der Waals surface area contributed by atoms with E-state index in [4.69, 9.17) is 5.11 Å². The van der Waals surface area contributed by atoms with Crippen LogP contribution in [0.4, 0.5) is 11.4 Å². The molecule has 0 aliphatic carbocycles. The zero-order chi connectivity index (χ0) is 18.8. The van der Waals surface area contributed by atoms with Crippen molar-refractivity contribution >= 4 is 29.2 Å². The monoisotopic (exact) mass is 352 g/mol. The number of aryl methyl sites for hydroxylation is 2. The molecule has 1 heterocycles. The maximum absolute atomic E-state index is 12.5. The smallest absolute Gasteiger partial charge is 0.335 e. The van der Waals surface area contributed by atoms with Gasteiger partial charge in [-0.3, -0.25) is 9.59 Å². The zero-order valence-corrected chi connectivity index (χ0v) is 14.7. The summed E-state index contributed by atoms with van der Waals surface area (Å²) in [5.41, 5.74) is 3.44. The van der Waals surface area contributed by atoms with Crippen molar-refractivity contribution in [1.82, 2.24) is 0 Å². The third-order valence-corrected chi connectivity index (χ3v) is 4.52. The SMILES string of the molecule is Cc1ccc(N2C[C@H](C(=O)Nc3cccc(C(=O)O)c3)CC2=O)c(C)c1. The van der Waals surface area contributed by atoms with Gasteiger partial charge in [0.2, 0.25) is 11.8 Å². The van der Waals surface area contributed by atoms with Crippen molar-refractivity contribution in [3.63, 3.8) is 0 Å². The summed E-state index contributed by atoms with van der Waals surface area (Å²) in [5, 5.41) is 11.7. The lowest BCUT2D eigenvalue weighted by atomic mass is 10.1. The quantitative estimate of drug-likeness (QED) is 0.886. The second-order valence-corrected chi connectivity index (χ2v) is 6.57. The van der Waals surface area contributed by atoms with Crippen LogP contribution < -0.4 is 10.2 Å². The van der Waals surface area contributed by atoms with Gasteiger partial charge in [0.1, 0.15) is 0 Å². The van der Waals surface area contributed by atoms with Crippen LogP contribution in [-0.4, -0.2) is 29.4 Å². The van der Waals surface area contributed by atoms with Crippen LogP contribution >= 0.6 is 0 Å². The molecule has 1 aliphatic rings. The Balaban J connectivity index is 1.73. The summed E-state index contributed by atoms with van der Waals surface area (Å²) < 4.78 is 0. The molecule has 0 aromatic heterocycles. The number of carboxylic acid groups (broad SMARTS) is 1. The molecule has 0 bridgehead atoms. The van der Waals surface area contributed by atoms with Gasteiger partial charge in [0.25, 0.3) is 0 Å². The lowest BCUT2D eigenvalue weighted by molar-refractivity contribution is -0.122. The predicted molar refractivity (Wildman–Crippen MR) is 98.4 cm³/mol. The number of hydrogen-bond donors (Lipinski definition) is 2. The van der Waals surface area contributed by atoms with Gasteiger partial charge in [-0.1, -0.05) is 23.8 Å². The Morgan fingerprint density at radius 3 is 2.62 bits per heavy atom. The van der Waals surface area contributed by atoms with Crippen molar-refractivity contribution in [2.24, 2.45) is 5.92 Å². The van der Waals surface area contributed by atoms with E-state index in [9.17, 15) is 14.4 Å². The number of anilines is 2. The Morgan fingerprint density at radius 2 is 1.92 bits per heavy atom. The van der Waals surface area contributed by atoms with Crippen molar-refractivity contribution < 1.29 is 19.5 Å². The number of nitrogens with zero attached hydrogens (tertiary/aromatic N) is 1. The molecule has 2 amide bonds. The molecule has 0 spiro atoms. The van der Waals surface area contributed by atoms with Gasteiger partial charge in [-0.15, -0.1) is 0 Å². The van der Waals surface area contributed by atoms with Gasteiger partial charge in [-0.2, -0.15) is 0 Å². The molecule has 1 aliphatic heterocycles. The molecule has 26 heavy (non-hydrogen) atoms. The van der Waals surface area contributed by atoms with E-state index in [1.807, 2.05) is 32.0 Å². The first kappa shape index (κ1) is 17.7. The van der Waals surface area contributed by atoms with Crippen LogP contribution in [0, 0.1) is 19.8 Å².